The molecule has 0 N–H and O–H groups in total. The predicted octanol–water partition coefficient (Wildman–Crippen LogP) is 7.44. The van der Waals surface area contributed by atoms with Crippen LogP contribution < -0.4 is 4.74 Å². The summed E-state index contributed by atoms with van der Waals surface area (Å²) in [5.41, 5.74) is 4.32. The second-order valence-corrected chi connectivity index (χ2v) is 8.59. The number of allylic oxidation sites excluding steroid dienone is 4. The molecule has 0 bridgehead atoms. The molecule has 3 nitrogen and oxygen atoms in total. The molecule has 0 aliphatic heterocycles. The van der Waals surface area contributed by atoms with E-state index >= 15 is 4.39 Å². The number of hydrogen-bond acceptors (Lipinski definition) is 3. The molecule has 0 unspecified atom stereocenters. The number of carbonyl (C=O) groups is 1. The van der Waals surface area contributed by atoms with Crippen LogP contribution in [0.1, 0.15) is 83.1 Å². The Morgan fingerprint density at radius 1 is 1.27 bits per heavy atom. The van der Waals surface area contributed by atoms with Crippen LogP contribution in [0.5, 0.6) is 5.75 Å². The third kappa shape index (κ3) is 5.21. The highest BCUT2D eigenvalue weighted by Crippen LogP contribution is 2.46. The second-order valence-electron chi connectivity index (χ2n) is 8.59. The highest BCUT2D eigenvalue weighted by atomic mass is 19.1. The van der Waals surface area contributed by atoms with E-state index in [-0.39, 0.29) is 11.2 Å². The Bertz CT molecular complexity index is 874. The molecule has 1 aromatic rings. The lowest BCUT2D eigenvalue weighted by Crippen LogP contribution is -2.22. The smallest absolute Gasteiger partial charge is 0.338 e. The zero-order valence-corrected chi connectivity index (χ0v) is 19.3. The average Bonchev–Trinajstić information content (AvgIpc) is 2.70. The maximum atomic E-state index is 15.6. The molecule has 1 aromatic carbocycles. The van der Waals surface area contributed by atoms with Crippen LogP contribution >= 0.6 is 0 Å². The summed E-state index contributed by atoms with van der Waals surface area (Å²) in [6, 6.07) is 4.73. The van der Waals surface area contributed by atoms with Crippen LogP contribution in [0, 0.1) is 5.41 Å². The van der Waals surface area contributed by atoms with Crippen molar-refractivity contribution in [3.63, 3.8) is 0 Å². The van der Waals surface area contributed by atoms with Crippen LogP contribution in [0.25, 0.3) is 5.83 Å². The molecule has 0 radical (unpaired) electrons. The average molecular weight is 415 g/mol. The Balaban J connectivity index is 2.46. The zero-order valence-electron chi connectivity index (χ0n) is 19.3. The fourth-order valence-corrected chi connectivity index (χ4v) is 4.19. The van der Waals surface area contributed by atoms with Crippen molar-refractivity contribution in [2.24, 2.45) is 5.41 Å². The van der Waals surface area contributed by atoms with Crippen molar-refractivity contribution in [1.82, 2.24) is 0 Å². The second kappa shape index (κ2) is 10.1. The minimum absolute atomic E-state index is 0.0312. The monoisotopic (exact) mass is 414 g/mol. The van der Waals surface area contributed by atoms with Crippen molar-refractivity contribution in [2.45, 2.75) is 67.2 Å². The molecule has 0 heterocycles. The van der Waals surface area contributed by atoms with Gasteiger partial charge in [0.2, 0.25) is 0 Å². The SMILES string of the molecule is C=C(C(C)=C(F)c1ccc(C(=O)OCCC)cc1OCC)C1=C(C)CCCC1(C)C. The Labute approximate surface area is 180 Å². The Morgan fingerprint density at radius 2 is 1.97 bits per heavy atom. The van der Waals surface area contributed by atoms with Gasteiger partial charge < -0.3 is 9.47 Å². The van der Waals surface area contributed by atoms with Crippen molar-refractivity contribution < 1.29 is 18.7 Å². The van der Waals surface area contributed by atoms with Gasteiger partial charge in [-0.25, -0.2) is 9.18 Å². The number of ether oxygens (including phenoxy) is 2. The normalized spacial score (nSPS) is 16.8. The molecule has 4 heteroatoms. The first-order valence-corrected chi connectivity index (χ1v) is 10.8. The summed E-state index contributed by atoms with van der Waals surface area (Å²) in [5, 5.41) is 0. The fourth-order valence-electron chi connectivity index (χ4n) is 4.19. The van der Waals surface area contributed by atoms with Gasteiger partial charge in [-0.05, 0) is 86.8 Å². The summed E-state index contributed by atoms with van der Waals surface area (Å²) >= 11 is 0. The van der Waals surface area contributed by atoms with Crippen molar-refractivity contribution in [3.05, 3.63) is 58.2 Å². The minimum atomic E-state index is -0.431. The van der Waals surface area contributed by atoms with Crippen molar-refractivity contribution >= 4 is 11.8 Å². The van der Waals surface area contributed by atoms with E-state index in [2.05, 4.69) is 27.4 Å². The number of halogens is 1. The van der Waals surface area contributed by atoms with Gasteiger partial charge in [-0.15, -0.1) is 0 Å². The molecule has 2 rings (SSSR count). The molecule has 1 aliphatic carbocycles. The molecule has 0 fully saturated rings. The van der Waals surface area contributed by atoms with Gasteiger partial charge in [0.25, 0.3) is 0 Å². The maximum absolute atomic E-state index is 15.6. The number of rotatable bonds is 8. The largest absolute Gasteiger partial charge is 0.493 e. The van der Waals surface area contributed by atoms with Crippen LogP contribution in [-0.4, -0.2) is 19.2 Å². The maximum Gasteiger partial charge on any atom is 0.338 e. The highest BCUT2D eigenvalue weighted by molar-refractivity contribution is 5.91. The van der Waals surface area contributed by atoms with Gasteiger partial charge in [-0.2, -0.15) is 0 Å². The first-order chi connectivity index (χ1) is 14.1. The Kier molecular flexibility index (Phi) is 8.05. The molecule has 0 saturated heterocycles. The van der Waals surface area contributed by atoms with E-state index in [1.165, 1.54) is 5.57 Å². The molecular formula is C26H35FO3. The number of benzene rings is 1. The van der Waals surface area contributed by atoms with Crippen LogP contribution in [0.2, 0.25) is 0 Å². The molecule has 0 amide bonds. The van der Waals surface area contributed by atoms with Crippen molar-refractivity contribution in [3.8, 4) is 5.75 Å². The quantitative estimate of drug-likeness (QED) is 0.328. The van der Waals surface area contributed by atoms with Gasteiger partial charge in [-0.3, -0.25) is 0 Å². The minimum Gasteiger partial charge on any atom is -0.493 e. The Hall–Kier alpha value is -2.36. The third-order valence-electron chi connectivity index (χ3n) is 5.73. The number of carbonyl (C=O) groups excluding carboxylic acids is 1. The molecule has 0 atom stereocenters. The summed E-state index contributed by atoms with van der Waals surface area (Å²) in [5.74, 6) is -0.472. The van der Waals surface area contributed by atoms with Crippen LogP contribution in [0.4, 0.5) is 4.39 Å². The highest BCUT2D eigenvalue weighted by Gasteiger charge is 2.31. The zero-order chi connectivity index (χ0) is 22.5. The molecule has 0 saturated carbocycles. The van der Waals surface area contributed by atoms with Crippen LogP contribution in [0.3, 0.4) is 0 Å². The van der Waals surface area contributed by atoms with Gasteiger partial charge in [0, 0.05) is 0 Å². The lowest BCUT2D eigenvalue weighted by atomic mass is 9.69. The lowest BCUT2D eigenvalue weighted by Gasteiger charge is -2.36. The van der Waals surface area contributed by atoms with E-state index in [1.807, 2.05) is 13.8 Å². The van der Waals surface area contributed by atoms with E-state index in [0.717, 1.165) is 36.8 Å². The fraction of sp³-hybridized carbons (Fsp3) is 0.500. The molecule has 164 valence electrons. The Morgan fingerprint density at radius 3 is 2.57 bits per heavy atom. The van der Waals surface area contributed by atoms with E-state index in [9.17, 15) is 4.79 Å². The van der Waals surface area contributed by atoms with Gasteiger partial charge in [0.15, 0.2) is 0 Å². The standard InChI is InChI=1S/C26H35FO3/c1-8-15-30-25(28)20-12-13-21(22(16-20)29-9-2)24(27)19(5)18(4)23-17(3)11-10-14-26(23,6)7/h12-13,16H,4,8-11,14-15H2,1-3,5-7H3. The van der Waals surface area contributed by atoms with Crippen LogP contribution in [-0.2, 0) is 4.74 Å². The van der Waals surface area contributed by atoms with Crippen molar-refractivity contribution in [1.29, 1.82) is 0 Å². The number of hydrogen-bond donors (Lipinski definition) is 0. The molecule has 0 aromatic heterocycles. The summed E-state index contributed by atoms with van der Waals surface area (Å²) in [4.78, 5) is 12.2. The summed E-state index contributed by atoms with van der Waals surface area (Å²) in [7, 11) is 0. The van der Waals surface area contributed by atoms with Gasteiger partial charge in [-0.1, -0.05) is 32.9 Å². The van der Waals surface area contributed by atoms with E-state index < -0.39 is 5.97 Å². The molecule has 30 heavy (non-hydrogen) atoms. The van der Waals surface area contributed by atoms with Gasteiger partial charge in [0.05, 0.1) is 24.3 Å². The summed E-state index contributed by atoms with van der Waals surface area (Å²) in [6.07, 6.45) is 3.97. The van der Waals surface area contributed by atoms with E-state index in [4.69, 9.17) is 9.47 Å². The lowest BCUT2D eigenvalue weighted by molar-refractivity contribution is 0.0504. The molecule has 0 spiro atoms. The summed E-state index contributed by atoms with van der Waals surface area (Å²) in [6.45, 7) is 17.0. The van der Waals surface area contributed by atoms with Crippen LogP contribution in [0.15, 0.2) is 47.1 Å². The van der Waals surface area contributed by atoms with Gasteiger partial charge in [0.1, 0.15) is 11.6 Å². The first kappa shape index (κ1) is 23.9. The molecular weight excluding hydrogens is 379 g/mol. The molecule has 1 aliphatic rings. The van der Waals surface area contributed by atoms with E-state index in [0.29, 0.717) is 35.7 Å². The predicted molar refractivity (Wildman–Crippen MR) is 121 cm³/mol. The number of esters is 1. The summed E-state index contributed by atoms with van der Waals surface area (Å²) < 4.78 is 26.5. The van der Waals surface area contributed by atoms with E-state index in [1.54, 1.807) is 25.1 Å². The third-order valence-corrected chi connectivity index (χ3v) is 5.73. The van der Waals surface area contributed by atoms with Crippen molar-refractivity contribution in [2.75, 3.05) is 13.2 Å². The van der Waals surface area contributed by atoms with Gasteiger partial charge >= 0.3 is 5.97 Å². The first-order valence-electron chi connectivity index (χ1n) is 10.8. The topological polar surface area (TPSA) is 35.5 Å².